The zero-order chi connectivity index (χ0) is 37.2. The van der Waals surface area contributed by atoms with Crippen molar-refractivity contribution in [2.24, 2.45) is 0 Å². The van der Waals surface area contributed by atoms with Crippen LogP contribution in [0.15, 0.2) is 218 Å². The summed E-state index contributed by atoms with van der Waals surface area (Å²) in [6.07, 6.45) is 8.79. The molecule has 0 saturated carbocycles. The molecule has 0 saturated heterocycles. The first kappa shape index (κ1) is 35.1. The molecular formula is C53H41NO. The maximum Gasteiger partial charge on any atom is 0.0681 e. The van der Waals surface area contributed by atoms with E-state index in [1.165, 1.54) is 38.8 Å². The summed E-state index contributed by atoms with van der Waals surface area (Å²) in [5.74, 6) is 0. The maximum atomic E-state index is 9.85. The third-order valence-corrected chi connectivity index (χ3v) is 9.89. The van der Waals surface area contributed by atoms with Gasteiger partial charge >= 0.3 is 0 Å². The van der Waals surface area contributed by atoms with E-state index in [0.717, 1.165) is 39.1 Å². The minimum atomic E-state index is 0.00113. The normalized spacial score (nSPS) is 11.0. The fraction of sp³-hybridized carbons (Fsp3) is 0.0189. The number of anilines is 3. The highest BCUT2D eigenvalue weighted by Gasteiger charge is 2.17. The number of hydrogen-bond donors (Lipinski definition) is 1. The molecule has 2 nitrogen and oxygen atoms in total. The van der Waals surface area contributed by atoms with Crippen molar-refractivity contribution in [3.8, 4) is 0 Å². The Labute approximate surface area is 323 Å². The predicted molar refractivity (Wildman–Crippen MR) is 233 cm³/mol. The molecule has 0 aromatic heterocycles. The molecule has 0 aliphatic heterocycles. The molecule has 0 unspecified atom stereocenters. The van der Waals surface area contributed by atoms with Crippen LogP contribution in [-0.4, -0.2) is 5.11 Å². The summed E-state index contributed by atoms with van der Waals surface area (Å²) in [5, 5.41) is 12.2. The van der Waals surface area contributed by atoms with Gasteiger partial charge in [0.15, 0.2) is 0 Å². The van der Waals surface area contributed by atoms with Crippen LogP contribution < -0.4 is 4.90 Å². The van der Waals surface area contributed by atoms with Gasteiger partial charge in [-0.3, -0.25) is 0 Å². The number of rotatable bonds is 11. The predicted octanol–water partition coefficient (Wildman–Crippen LogP) is 13.5. The number of fused-ring (bicyclic) bond motifs is 1. The highest BCUT2D eigenvalue weighted by atomic mass is 16.3. The fourth-order valence-corrected chi connectivity index (χ4v) is 7.11. The number of aliphatic hydroxyl groups excluding tert-OH is 1. The van der Waals surface area contributed by atoms with Gasteiger partial charge in [0.25, 0.3) is 0 Å². The Morgan fingerprint density at radius 2 is 0.891 bits per heavy atom. The van der Waals surface area contributed by atoms with Crippen LogP contribution in [0.1, 0.15) is 38.9 Å². The van der Waals surface area contributed by atoms with Gasteiger partial charge in [-0.1, -0.05) is 194 Å². The summed E-state index contributed by atoms with van der Waals surface area (Å²) in [6, 6.07) is 72.2. The highest BCUT2D eigenvalue weighted by Crippen LogP contribution is 2.41. The van der Waals surface area contributed by atoms with E-state index in [1.807, 2.05) is 12.1 Å². The summed E-state index contributed by atoms with van der Waals surface area (Å²) in [4.78, 5) is 2.31. The number of hydrogen-bond acceptors (Lipinski definition) is 2. The Morgan fingerprint density at radius 1 is 0.436 bits per heavy atom. The standard InChI is InChI=1S/C53H41NO/c55-39-41-30-35-48(36-31-41)54(47-33-28-40(29-34-47)16-15-27-49(42-17-5-1-6-18-42)43-19-7-2-8-20-43)53-37-32-46(50-25-13-14-26-51(50)53)38-52(44-21-9-3-10-22-44)45-23-11-4-12-24-45/h1-38,55H,39H2/b16-15+. The van der Waals surface area contributed by atoms with Gasteiger partial charge in [0.1, 0.15) is 0 Å². The molecule has 55 heavy (non-hydrogen) atoms. The molecule has 0 atom stereocenters. The average Bonchev–Trinajstić information content (AvgIpc) is 3.27. The Hall–Kier alpha value is -7.00. The topological polar surface area (TPSA) is 23.5 Å². The molecular weight excluding hydrogens is 667 g/mol. The van der Waals surface area contributed by atoms with Crippen molar-refractivity contribution in [2.75, 3.05) is 4.90 Å². The van der Waals surface area contributed by atoms with E-state index in [9.17, 15) is 5.11 Å². The van der Waals surface area contributed by atoms with Crippen molar-refractivity contribution in [3.05, 3.63) is 257 Å². The molecule has 0 aliphatic carbocycles. The molecule has 8 rings (SSSR count). The lowest BCUT2D eigenvalue weighted by Gasteiger charge is -2.27. The van der Waals surface area contributed by atoms with Crippen molar-refractivity contribution >= 4 is 51.1 Å². The van der Waals surface area contributed by atoms with Crippen LogP contribution in [0.2, 0.25) is 0 Å². The lowest BCUT2D eigenvalue weighted by molar-refractivity contribution is 0.282. The Bertz CT molecular complexity index is 2490. The molecule has 2 heteroatoms. The largest absolute Gasteiger partial charge is 0.392 e. The fourth-order valence-electron chi connectivity index (χ4n) is 7.11. The lowest BCUT2D eigenvalue weighted by Crippen LogP contribution is -2.10. The van der Waals surface area contributed by atoms with Crippen molar-refractivity contribution < 1.29 is 5.11 Å². The van der Waals surface area contributed by atoms with Crippen LogP contribution in [0, 0.1) is 0 Å². The third kappa shape index (κ3) is 8.01. The number of nitrogens with zero attached hydrogens (tertiary/aromatic N) is 1. The third-order valence-electron chi connectivity index (χ3n) is 9.89. The van der Waals surface area contributed by atoms with Crippen LogP contribution in [0.3, 0.4) is 0 Å². The van der Waals surface area contributed by atoms with Gasteiger partial charge in [0, 0.05) is 16.8 Å². The molecule has 1 N–H and O–H groups in total. The summed E-state index contributed by atoms with van der Waals surface area (Å²) >= 11 is 0. The molecule has 0 spiro atoms. The summed E-state index contributed by atoms with van der Waals surface area (Å²) in [6.45, 7) is 0.00113. The van der Waals surface area contributed by atoms with Gasteiger partial charge in [0.2, 0.25) is 0 Å². The van der Waals surface area contributed by atoms with Crippen LogP contribution in [0.25, 0.3) is 34.1 Å². The van der Waals surface area contributed by atoms with Gasteiger partial charge in [0.05, 0.1) is 12.3 Å². The molecule has 0 bridgehead atoms. The van der Waals surface area contributed by atoms with E-state index in [1.54, 1.807) is 0 Å². The van der Waals surface area contributed by atoms with Crippen molar-refractivity contribution in [1.29, 1.82) is 0 Å². The Kier molecular flexibility index (Phi) is 10.7. The molecule has 0 aliphatic rings. The quantitative estimate of drug-likeness (QED) is 0.107. The Balaban J connectivity index is 1.19. The first-order valence-electron chi connectivity index (χ1n) is 18.7. The summed E-state index contributed by atoms with van der Waals surface area (Å²) < 4.78 is 0. The van der Waals surface area contributed by atoms with Crippen molar-refractivity contribution in [1.82, 2.24) is 0 Å². The van der Waals surface area contributed by atoms with E-state index in [2.05, 4.69) is 223 Å². The molecule has 8 aromatic carbocycles. The minimum Gasteiger partial charge on any atom is -0.392 e. The van der Waals surface area contributed by atoms with Crippen LogP contribution in [-0.2, 0) is 6.61 Å². The van der Waals surface area contributed by atoms with Crippen LogP contribution in [0.4, 0.5) is 17.1 Å². The molecule has 8 aromatic rings. The van der Waals surface area contributed by atoms with Gasteiger partial charge in [-0.25, -0.2) is 0 Å². The second-order valence-corrected chi connectivity index (χ2v) is 13.4. The minimum absolute atomic E-state index is 0.00113. The zero-order valence-electron chi connectivity index (χ0n) is 30.5. The van der Waals surface area contributed by atoms with E-state index in [-0.39, 0.29) is 6.61 Å². The van der Waals surface area contributed by atoms with Crippen molar-refractivity contribution in [2.45, 2.75) is 6.61 Å². The smallest absolute Gasteiger partial charge is 0.0681 e. The van der Waals surface area contributed by atoms with E-state index < -0.39 is 0 Å². The summed E-state index contributed by atoms with van der Waals surface area (Å²) in [5.41, 5.74) is 13.3. The second kappa shape index (κ2) is 16.8. The first-order valence-corrected chi connectivity index (χ1v) is 18.7. The zero-order valence-corrected chi connectivity index (χ0v) is 30.5. The van der Waals surface area contributed by atoms with E-state index >= 15 is 0 Å². The Morgan fingerprint density at radius 3 is 1.40 bits per heavy atom. The van der Waals surface area contributed by atoms with E-state index in [4.69, 9.17) is 0 Å². The number of allylic oxidation sites excluding steroid dienone is 2. The second-order valence-electron chi connectivity index (χ2n) is 13.4. The maximum absolute atomic E-state index is 9.85. The van der Waals surface area contributed by atoms with E-state index in [0.29, 0.717) is 0 Å². The van der Waals surface area contributed by atoms with Gasteiger partial charge < -0.3 is 10.0 Å². The first-order chi connectivity index (χ1) is 27.2. The van der Waals surface area contributed by atoms with Gasteiger partial charge in [-0.05, 0) is 91.9 Å². The SMILES string of the molecule is OCc1ccc(N(c2ccc(/C=C/C=C(c3ccccc3)c3ccccc3)cc2)c2ccc(C=C(c3ccccc3)c3ccccc3)c3ccccc23)cc1. The number of benzene rings is 8. The molecule has 0 amide bonds. The number of aliphatic hydroxyl groups is 1. The molecule has 0 fully saturated rings. The highest BCUT2D eigenvalue weighted by molar-refractivity contribution is 6.05. The van der Waals surface area contributed by atoms with Gasteiger partial charge in [-0.2, -0.15) is 0 Å². The monoisotopic (exact) mass is 707 g/mol. The average molecular weight is 708 g/mol. The molecule has 0 radical (unpaired) electrons. The lowest BCUT2D eigenvalue weighted by atomic mass is 9.93. The van der Waals surface area contributed by atoms with Crippen molar-refractivity contribution in [3.63, 3.8) is 0 Å². The van der Waals surface area contributed by atoms with Crippen LogP contribution in [0.5, 0.6) is 0 Å². The summed E-state index contributed by atoms with van der Waals surface area (Å²) in [7, 11) is 0. The van der Waals surface area contributed by atoms with Crippen LogP contribution >= 0.6 is 0 Å². The molecule has 0 heterocycles. The van der Waals surface area contributed by atoms with Gasteiger partial charge in [-0.15, -0.1) is 0 Å². The molecule has 264 valence electrons.